The Hall–Kier alpha value is -2.68. The van der Waals surface area contributed by atoms with E-state index in [-0.39, 0.29) is 35.7 Å². The first kappa shape index (κ1) is 18.7. The molecule has 9 nitrogen and oxygen atoms in total. The largest absolute Gasteiger partial charge is 0.464 e. The Kier molecular flexibility index (Phi) is 5.92. The first-order chi connectivity index (χ1) is 11.9. The first-order valence-corrected chi connectivity index (χ1v) is 7.93. The topological polar surface area (TPSA) is 124 Å². The summed E-state index contributed by atoms with van der Waals surface area (Å²) in [6.07, 6.45) is 0.176. The summed E-state index contributed by atoms with van der Waals surface area (Å²) in [7, 11) is 0. The summed E-state index contributed by atoms with van der Waals surface area (Å²) in [4.78, 5) is 32.4. The number of esters is 2. The van der Waals surface area contributed by atoms with Crippen LogP contribution in [0, 0.1) is 6.92 Å². The molecule has 2 heterocycles. The number of anilines is 1. The number of fused-ring (bicyclic) bond motifs is 1. The molecule has 0 fully saturated rings. The summed E-state index contributed by atoms with van der Waals surface area (Å²) in [5, 5.41) is 13.0. The lowest BCUT2D eigenvalue weighted by Gasteiger charge is -2.20. The lowest BCUT2D eigenvalue weighted by molar-refractivity contribution is -0.146. The normalized spacial score (nSPS) is 13.3. The molecular formula is C16H21N3O6. The molecular weight excluding hydrogens is 330 g/mol. The van der Waals surface area contributed by atoms with Crippen molar-refractivity contribution in [3.8, 4) is 0 Å². The van der Waals surface area contributed by atoms with Gasteiger partial charge in [-0.25, -0.2) is 19.6 Å². The third-order valence-electron chi connectivity index (χ3n) is 3.46. The van der Waals surface area contributed by atoms with Gasteiger partial charge >= 0.3 is 11.9 Å². The highest BCUT2D eigenvalue weighted by Crippen LogP contribution is 2.30. The van der Waals surface area contributed by atoms with Crippen molar-refractivity contribution in [1.29, 1.82) is 0 Å². The summed E-state index contributed by atoms with van der Waals surface area (Å²) < 4.78 is 15.5. The van der Waals surface area contributed by atoms with Crippen LogP contribution in [0.3, 0.4) is 0 Å². The smallest absolute Gasteiger partial charge is 0.342 e. The zero-order valence-corrected chi connectivity index (χ0v) is 14.5. The fraction of sp³-hybridized carbons (Fsp3) is 0.500. The Bertz CT molecular complexity index is 771. The van der Waals surface area contributed by atoms with Crippen LogP contribution in [0.25, 0.3) is 11.1 Å². The number of aliphatic hydroxyl groups excluding tert-OH is 1. The molecule has 0 unspecified atom stereocenters. The summed E-state index contributed by atoms with van der Waals surface area (Å²) in [6.45, 7) is 6.77. The average molecular weight is 351 g/mol. The number of hydrogen-bond acceptors (Lipinski definition) is 9. The molecule has 0 radical (unpaired) electrons. The molecule has 2 N–H and O–H groups in total. The van der Waals surface area contributed by atoms with Crippen LogP contribution in [-0.2, 0) is 14.3 Å². The van der Waals surface area contributed by atoms with Gasteiger partial charge in [-0.15, -0.1) is 0 Å². The molecule has 25 heavy (non-hydrogen) atoms. The zero-order valence-electron chi connectivity index (χ0n) is 14.5. The van der Waals surface area contributed by atoms with E-state index in [0.29, 0.717) is 5.76 Å². The van der Waals surface area contributed by atoms with Crippen molar-refractivity contribution >= 4 is 28.9 Å². The van der Waals surface area contributed by atoms with E-state index in [1.165, 1.54) is 13.3 Å². The van der Waals surface area contributed by atoms with Gasteiger partial charge < -0.3 is 24.3 Å². The molecule has 136 valence electrons. The number of nitrogens with one attached hydrogen (secondary N) is 1. The fourth-order valence-electron chi connectivity index (χ4n) is 2.36. The molecule has 0 aromatic carbocycles. The van der Waals surface area contributed by atoms with E-state index < -0.39 is 24.1 Å². The van der Waals surface area contributed by atoms with E-state index in [4.69, 9.17) is 13.9 Å². The Labute approximate surface area is 144 Å². The van der Waals surface area contributed by atoms with E-state index in [1.54, 1.807) is 20.8 Å². The predicted molar refractivity (Wildman–Crippen MR) is 88.2 cm³/mol. The van der Waals surface area contributed by atoms with Gasteiger partial charge in [-0.2, -0.15) is 0 Å². The van der Waals surface area contributed by atoms with E-state index in [1.807, 2.05) is 0 Å². The van der Waals surface area contributed by atoms with E-state index >= 15 is 0 Å². The van der Waals surface area contributed by atoms with Crippen LogP contribution >= 0.6 is 0 Å². The molecule has 2 rings (SSSR count). The zero-order chi connectivity index (χ0) is 18.6. The number of aliphatic hydroxyl groups is 1. The maximum absolute atomic E-state index is 12.2. The highest BCUT2D eigenvalue weighted by molar-refractivity contribution is 6.08. The molecule has 9 heteroatoms. The van der Waals surface area contributed by atoms with E-state index in [2.05, 4.69) is 15.3 Å². The molecule has 0 aliphatic heterocycles. The van der Waals surface area contributed by atoms with Gasteiger partial charge in [-0.3, -0.25) is 0 Å². The predicted octanol–water partition coefficient (Wildman–Crippen LogP) is 1.43. The van der Waals surface area contributed by atoms with Crippen molar-refractivity contribution in [3.63, 3.8) is 0 Å². The number of ether oxygens (including phenoxy) is 2. The number of rotatable bonds is 7. The second kappa shape index (κ2) is 7.93. The molecule has 0 amide bonds. The van der Waals surface area contributed by atoms with Gasteiger partial charge in [-0.1, -0.05) is 0 Å². The fourth-order valence-corrected chi connectivity index (χ4v) is 2.36. The van der Waals surface area contributed by atoms with Gasteiger partial charge in [0.1, 0.15) is 23.5 Å². The lowest BCUT2D eigenvalue weighted by Crippen LogP contribution is -2.40. The van der Waals surface area contributed by atoms with E-state index in [0.717, 1.165) is 0 Å². The Morgan fingerprint density at radius 1 is 1.28 bits per heavy atom. The van der Waals surface area contributed by atoms with Gasteiger partial charge in [0.25, 0.3) is 0 Å². The van der Waals surface area contributed by atoms with Crippen LogP contribution in [0.1, 0.15) is 36.9 Å². The van der Waals surface area contributed by atoms with Gasteiger partial charge in [0.05, 0.1) is 24.7 Å². The van der Waals surface area contributed by atoms with Crippen LogP contribution in [0.15, 0.2) is 10.7 Å². The van der Waals surface area contributed by atoms with Crippen molar-refractivity contribution in [1.82, 2.24) is 9.97 Å². The van der Waals surface area contributed by atoms with Crippen LogP contribution in [-0.4, -0.2) is 52.4 Å². The van der Waals surface area contributed by atoms with Crippen molar-refractivity contribution in [3.05, 3.63) is 17.7 Å². The molecule has 0 aliphatic rings. The maximum Gasteiger partial charge on any atom is 0.342 e. The van der Waals surface area contributed by atoms with Crippen LogP contribution in [0.5, 0.6) is 0 Å². The number of hydrogen-bond donors (Lipinski definition) is 2. The molecule has 0 aliphatic carbocycles. The van der Waals surface area contributed by atoms with Gasteiger partial charge in [0.15, 0.2) is 6.04 Å². The molecule has 0 saturated heterocycles. The molecule has 0 spiro atoms. The SMILES string of the molecule is CCOC(=O)c1c(C)oc2ncnc(N[C@@H](C(=O)OCC)[C@H](C)O)c12. The molecule has 2 atom stereocenters. The standard InChI is InChI=1S/C16H21N3O6/c1-5-23-15(21)10-9(4)25-14-11(10)13(17-7-18-14)19-12(8(3)20)16(22)24-6-2/h7-8,12,20H,5-6H2,1-4H3,(H,17,18,19)/t8-,12+/m0/s1. The summed E-state index contributed by atoms with van der Waals surface area (Å²) in [5.41, 5.74) is 0.347. The van der Waals surface area contributed by atoms with Gasteiger partial charge in [-0.05, 0) is 27.7 Å². The third-order valence-corrected chi connectivity index (χ3v) is 3.46. The quantitative estimate of drug-likeness (QED) is 0.713. The van der Waals surface area contributed by atoms with E-state index in [9.17, 15) is 14.7 Å². The van der Waals surface area contributed by atoms with Crippen molar-refractivity contribution < 1.29 is 28.6 Å². The van der Waals surface area contributed by atoms with Crippen molar-refractivity contribution in [2.24, 2.45) is 0 Å². The molecule has 0 saturated carbocycles. The number of nitrogens with zero attached hydrogens (tertiary/aromatic N) is 2. The van der Waals surface area contributed by atoms with Crippen LogP contribution in [0.2, 0.25) is 0 Å². The highest BCUT2D eigenvalue weighted by atomic mass is 16.5. The second-order valence-corrected chi connectivity index (χ2v) is 5.27. The molecule has 2 aromatic rings. The molecule has 0 bridgehead atoms. The summed E-state index contributed by atoms with van der Waals surface area (Å²) in [6, 6.07) is -1.07. The number of carbonyl (C=O) groups excluding carboxylic acids is 2. The van der Waals surface area contributed by atoms with Crippen molar-refractivity contribution in [2.45, 2.75) is 39.8 Å². The van der Waals surface area contributed by atoms with Crippen molar-refractivity contribution in [2.75, 3.05) is 18.5 Å². The lowest BCUT2D eigenvalue weighted by atomic mass is 10.1. The first-order valence-electron chi connectivity index (χ1n) is 7.93. The minimum absolute atomic E-state index is 0.168. The van der Waals surface area contributed by atoms with Gasteiger partial charge in [0, 0.05) is 0 Å². The third kappa shape index (κ3) is 3.87. The Morgan fingerprint density at radius 2 is 1.96 bits per heavy atom. The van der Waals surface area contributed by atoms with Gasteiger partial charge in [0.2, 0.25) is 5.71 Å². The number of carbonyl (C=O) groups is 2. The number of aromatic nitrogens is 2. The maximum atomic E-state index is 12.2. The Morgan fingerprint density at radius 3 is 2.56 bits per heavy atom. The summed E-state index contributed by atoms with van der Waals surface area (Å²) >= 11 is 0. The average Bonchev–Trinajstić information content (AvgIpc) is 2.89. The van der Waals surface area contributed by atoms with Crippen LogP contribution < -0.4 is 5.32 Å². The number of furan rings is 1. The highest BCUT2D eigenvalue weighted by Gasteiger charge is 2.29. The minimum Gasteiger partial charge on any atom is -0.464 e. The van der Waals surface area contributed by atoms with Crippen LogP contribution in [0.4, 0.5) is 5.82 Å². The Balaban J connectivity index is 2.50. The second-order valence-electron chi connectivity index (χ2n) is 5.27. The number of aryl methyl sites for hydroxylation is 1. The minimum atomic E-state index is -1.07. The monoisotopic (exact) mass is 351 g/mol. The molecule has 2 aromatic heterocycles. The summed E-state index contributed by atoms with van der Waals surface area (Å²) in [5.74, 6) is -0.728.